The van der Waals surface area contributed by atoms with Crippen molar-refractivity contribution < 1.29 is 9.90 Å². The maximum absolute atomic E-state index is 13.2. The van der Waals surface area contributed by atoms with Gasteiger partial charge in [-0.05, 0) is 105 Å². The van der Waals surface area contributed by atoms with Crippen LogP contribution in [-0.4, -0.2) is 58.2 Å². The average molecular weight is 535 g/mol. The largest absolute Gasteiger partial charge is 0.393 e. The average Bonchev–Trinajstić information content (AvgIpc) is 3.29. The normalized spacial score (nSPS) is 38.9. The van der Waals surface area contributed by atoms with Crippen molar-refractivity contribution in [2.45, 2.75) is 98.0 Å². The summed E-state index contributed by atoms with van der Waals surface area (Å²) in [6.45, 7) is 12.9. The number of amides is 1. The molecule has 5 aliphatic rings. The Hall–Kier alpha value is -1.95. The standard InChI is InChI=1S/C33H50N4O2/c1-22(5-10-30(39)36-15-17-37(18-16-36)31-23(2)20-34-21-35-31)27-8-9-28-26-7-6-24-19-25(38)11-13-32(24,3)29(26)12-14-33(27,28)4/h6,20-22,25-29,38H,5,7-19H2,1-4H3/t22?,25-,26-,27+,28-,29-,32-,33+/m0/s1. The predicted octanol–water partition coefficient (Wildman–Crippen LogP) is 5.79. The van der Waals surface area contributed by atoms with E-state index in [2.05, 4.69) is 53.5 Å². The van der Waals surface area contributed by atoms with E-state index in [-0.39, 0.29) is 6.10 Å². The first-order chi connectivity index (χ1) is 18.7. The maximum Gasteiger partial charge on any atom is 0.222 e. The van der Waals surface area contributed by atoms with Gasteiger partial charge in [0.25, 0.3) is 0 Å². The van der Waals surface area contributed by atoms with E-state index < -0.39 is 0 Å². The number of aromatic nitrogens is 2. The molecule has 1 aromatic rings. The molecule has 3 saturated carbocycles. The molecule has 6 rings (SSSR count). The second kappa shape index (κ2) is 10.5. The minimum absolute atomic E-state index is 0.124. The van der Waals surface area contributed by atoms with Crippen molar-refractivity contribution in [3.05, 3.63) is 29.7 Å². The van der Waals surface area contributed by atoms with Gasteiger partial charge in [-0.2, -0.15) is 0 Å². The van der Waals surface area contributed by atoms with Gasteiger partial charge in [0.2, 0.25) is 5.91 Å². The molecular weight excluding hydrogens is 484 g/mol. The lowest BCUT2D eigenvalue weighted by Crippen LogP contribution is -2.51. The highest BCUT2D eigenvalue weighted by Gasteiger charge is 2.59. The first-order valence-corrected chi connectivity index (χ1v) is 15.9. The number of hydrogen-bond donors (Lipinski definition) is 1. The number of aliphatic hydroxyl groups excluding tert-OH is 1. The van der Waals surface area contributed by atoms with Crippen LogP contribution in [0.4, 0.5) is 5.82 Å². The van der Waals surface area contributed by atoms with Gasteiger partial charge in [-0.15, -0.1) is 0 Å². The molecule has 1 aliphatic heterocycles. The Morgan fingerprint density at radius 3 is 2.67 bits per heavy atom. The van der Waals surface area contributed by atoms with Crippen LogP contribution in [0.1, 0.15) is 90.5 Å². The van der Waals surface area contributed by atoms with E-state index in [1.54, 1.807) is 11.9 Å². The number of aryl methyl sites for hydroxylation is 1. The minimum atomic E-state index is -0.124. The van der Waals surface area contributed by atoms with Gasteiger partial charge in [-0.3, -0.25) is 4.79 Å². The summed E-state index contributed by atoms with van der Waals surface area (Å²) in [7, 11) is 0. The molecule has 4 fully saturated rings. The van der Waals surface area contributed by atoms with E-state index in [4.69, 9.17) is 0 Å². The Morgan fingerprint density at radius 2 is 1.90 bits per heavy atom. The zero-order valence-corrected chi connectivity index (χ0v) is 24.7. The van der Waals surface area contributed by atoms with Crippen molar-refractivity contribution in [2.24, 2.45) is 40.4 Å². The zero-order chi connectivity index (χ0) is 27.4. The Labute approximate surface area is 235 Å². The van der Waals surface area contributed by atoms with Crippen LogP contribution < -0.4 is 4.90 Å². The van der Waals surface area contributed by atoms with Gasteiger partial charge in [0.15, 0.2) is 0 Å². The molecule has 1 N–H and O–H groups in total. The van der Waals surface area contributed by atoms with Gasteiger partial charge in [0.1, 0.15) is 12.1 Å². The van der Waals surface area contributed by atoms with Crippen molar-refractivity contribution in [2.75, 3.05) is 31.1 Å². The number of allylic oxidation sites excluding steroid dienone is 1. The summed E-state index contributed by atoms with van der Waals surface area (Å²) in [4.78, 5) is 26.2. The monoisotopic (exact) mass is 534 g/mol. The highest BCUT2D eigenvalue weighted by Crippen LogP contribution is 2.67. The first kappa shape index (κ1) is 27.2. The van der Waals surface area contributed by atoms with E-state index in [9.17, 15) is 9.90 Å². The van der Waals surface area contributed by atoms with E-state index in [0.29, 0.717) is 29.1 Å². The maximum atomic E-state index is 13.2. The van der Waals surface area contributed by atoms with Crippen LogP contribution >= 0.6 is 0 Å². The number of piperazine rings is 1. The van der Waals surface area contributed by atoms with Crippen LogP contribution in [0.3, 0.4) is 0 Å². The van der Waals surface area contributed by atoms with Gasteiger partial charge in [0.05, 0.1) is 6.10 Å². The molecule has 6 heteroatoms. The summed E-state index contributed by atoms with van der Waals surface area (Å²) in [5.41, 5.74) is 3.40. The van der Waals surface area contributed by atoms with Gasteiger partial charge in [0, 0.05) is 44.4 Å². The Balaban J connectivity index is 1.04. The molecule has 1 unspecified atom stereocenters. The lowest BCUT2D eigenvalue weighted by molar-refractivity contribution is -0.132. The molecule has 8 atom stereocenters. The molecule has 1 saturated heterocycles. The molecule has 39 heavy (non-hydrogen) atoms. The molecule has 0 bridgehead atoms. The Morgan fingerprint density at radius 1 is 1.10 bits per heavy atom. The summed E-state index contributed by atoms with van der Waals surface area (Å²) < 4.78 is 0. The summed E-state index contributed by atoms with van der Waals surface area (Å²) in [6, 6.07) is 0. The third-order valence-corrected chi connectivity index (χ3v) is 12.5. The fraction of sp³-hybridized carbons (Fsp3) is 0.788. The summed E-state index contributed by atoms with van der Waals surface area (Å²) in [5, 5.41) is 10.3. The van der Waals surface area contributed by atoms with Crippen LogP contribution in [0.25, 0.3) is 0 Å². The molecule has 0 spiro atoms. The number of carbonyl (C=O) groups excluding carboxylic acids is 1. The second-order valence-corrected chi connectivity index (χ2v) is 14.3. The predicted molar refractivity (Wildman–Crippen MR) is 155 cm³/mol. The van der Waals surface area contributed by atoms with Crippen LogP contribution in [-0.2, 0) is 4.79 Å². The molecule has 4 aliphatic carbocycles. The molecule has 0 radical (unpaired) electrons. The number of carbonyl (C=O) groups is 1. The van der Waals surface area contributed by atoms with Crippen LogP contribution in [0, 0.1) is 47.3 Å². The van der Waals surface area contributed by atoms with Crippen molar-refractivity contribution in [3.8, 4) is 0 Å². The van der Waals surface area contributed by atoms with Gasteiger partial charge in [-0.25, -0.2) is 9.97 Å². The summed E-state index contributed by atoms with van der Waals surface area (Å²) in [6.07, 6.45) is 17.3. The lowest BCUT2D eigenvalue weighted by atomic mass is 9.47. The van der Waals surface area contributed by atoms with Crippen molar-refractivity contribution in [1.29, 1.82) is 0 Å². The first-order valence-electron chi connectivity index (χ1n) is 15.9. The van der Waals surface area contributed by atoms with Crippen LogP contribution in [0.2, 0.25) is 0 Å². The molecule has 6 nitrogen and oxygen atoms in total. The van der Waals surface area contributed by atoms with E-state index in [1.165, 1.54) is 38.5 Å². The number of hydrogen-bond acceptors (Lipinski definition) is 5. The highest BCUT2D eigenvalue weighted by molar-refractivity contribution is 5.76. The summed E-state index contributed by atoms with van der Waals surface area (Å²) in [5.74, 6) is 5.09. The molecule has 214 valence electrons. The third-order valence-electron chi connectivity index (χ3n) is 12.5. The smallest absolute Gasteiger partial charge is 0.222 e. The number of nitrogens with zero attached hydrogens (tertiary/aromatic N) is 4. The number of fused-ring (bicyclic) bond motifs is 5. The van der Waals surface area contributed by atoms with E-state index >= 15 is 0 Å². The van der Waals surface area contributed by atoms with Crippen molar-refractivity contribution in [1.82, 2.24) is 14.9 Å². The van der Waals surface area contributed by atoms with Gasteiger partial charge < -0.3 is 14.9 Å². The van der Waals surface area contributed by atoms with Gasteiger partial charge >= 0.3 is 0 Å². The SMILES string of the molecule is Cc1cncnc1N1CCN(C(=O)CCC(C)[C@H]2CC[C@H]3[C@@H]4CC=C5C[C@@H](O)CC[C@]5(C)[C@H]4CC[C@]23C)CC1. The van der Waals surface area contributed by atoms with Crippen LogP contribution in [0.15, 0.2) is 24.2 Å². The second-order valence-electron chi connectivity index (χ2n) is 14.3. The summed E-state index contributed by atoms with van der Waals surface area (Å²) >= 11 is 0. The number of aliphatic hydroxyl groups is 1. The topological polar surface area (TPSA) is 69.6 Å². The lowest BCUT2D eigenvalue weighted by Gasteiger charge is -2.58. The minimum Gasteiger partial charge on any atom is -0.393 e. The zero-order valence-electron chi connectivity index (χ0n) is 24.7. The van der Waals surface area contributed by atoms with Crippen molar-refractivity contribution >= 4 is 11.7 Å². The number of anilines is 1. The quantitative estimate of drug-likeness (QED) is 0.484. The fourth-order valence-electron chi connectivity index (χ4n) is 10.2. The molecule has 2 heterocycles. The third kappa shape index (κ3) is 4.73. The van der Waals surface area contributed by atoms with E-state index in [1.807, 2.05) is 6.20 Å². The Kier molecular flexibility index (Phi) is 7.31. The fourth-order valence-corrected chi connectivity index (χ4v) is 10.2. The molecular formula is C33H50N4O2. The van der Waals surface area contributed by atoms with Crippen molar-refractivity contribution in [3.63, 3.8) is 0 Å². The van der Waals surface area contributed by atoms with E-state index in [0.717, 1.165) is 80.5 Å². The molecule has 1 aromatic heterocycles. The highest BCUT2D eigenvalue weighted by atomic mass is 16.3. The molecule has 1 amide bonds. The molecule has 0 aromatic carbocycles. The number of rotatable bonds is 5. The van der Waals surface area contributed by atoms with Crippen LogP contribution in [0.5, 0.6) is 0 Å². The van der Waals surface area contributed by atoms with Gasteiger partial charge in [-0.1, -0.05) is 32.4 Å². The Bertz CT molecular complexity index is 1100.